The molecule has 0 aliphatic heterocycles. The Kier molecular flexibility index (Phi) is 6.20. The highest BCUT2D eigenvalue weighted by atomic mass is 16.5. The monoisotopic (exact) mass is 297 g/mol. The van der Waals surface area contributed by atoms with Crippen molar-refractivity contribution < 1.29 is 18.8 Å². The fourth-order valence-corrected chi connectivity index (χ4v) is 1.74. The van der Waals surface area contributed by atoms with E-state index < -0.39 is 18.0 Å². The van der Waals surface area contributed by atoms with Crippen molar-refractivity contribution in [1.29, 1.82) is 0 Å². The molecule has 0 radical (unpaired) electrons. The number of aryl methyl sites for hydroxylation is 1. The zero-order chi connectivity index (χ0) is 16.0. The number of aromatic nitrogens is 1. The largest absolute Gasteiger partial charge is 0.461 e. The third-order valence-corrected chi connectivity index (χ3v) is 2.52. The Labute approximate surface area is 124 Å². The standard InChI is InChI=1S/C14H23N3O4/c1-8(2)6-11(13(18)20-9(3)4)15-14(19)16-12-7-10(5)21-17-12/h7-9,11H,6H2,1-5H3,(H2,15,16,17,19)/t11-/m0/s1. The zero-order valence-corrected chi connectivity index (χ0v) is 13.1. The fraction of sp³-hybridized carbons (Fsp3) is 0.643. The van der Waals surface area contributed by atoms with Crippen LogP contribution in [0.3, 0.4) is 0 Å². The van der Waals surface area contributed by atoms with Crippen molar-refractivity contribution in [3.63, 3.8) is 0 Å². The van der Waals surface area contributed by atoms with E-state index in [1.807, 2.05) is 13.8 Å². The van der Waals surface area contributed by atoms with Gasteiger partial charge in [0.05, 0.1) is 6.10 Å². The van der Waals surface area contributed by atoms with Gasteiger partial charge < -0.3 is 14.6 Å². The normalized spacial score (nSPS) is 12.3. The summed E-state index contributed by atoms with van der Waals surface area (Å²) in [6.07, 6.45) is 0.270. The summed E-state index contributed by atoms with van der Waals surface area (Å²) in [5, 5.41) is 8.77. The number of urea groups is 1. The van der Waals surface area contributed by atoms with Gasteiger partial charge in [0.15, 0.2) is 5.82 Å². The molecule has 0 unspecified atom stereocenters. The Morgan fingerprint density at radius 1 is 1.33 bits per heavy atom. The van der Waals surface area contributed by atoms with Crippen molar-refractivity contribution in [3.8, 4) is 0 Å². The summed E-state index contributed by atoms with van der Waals surface area (Å²) in [6.45, 7) is 9.19. The maximum atomic E-state index is 12.0. The van der Waals surface area contributed by atoms with Crippen molar-refractivity contribution in [2.45, 2.75) is 53.2 Å². The molecule has 1 aromatic rings. The molecule has 7 nitrogen and oxygen atoms in total. The summed E-state index contributed by atoms with van der Waals surface area (Å²) in [5.74, 6) is 0.684. The second-order valence-corrected chi connectivity index (χ2v) is 5.59. The summed E-state index contributed by atoms with van der Waals surface area (Å²) in [6, 6.07) is 0.374. The Morgan fingerprint density at radius 2 is 2.00 bits per heavy atom. The van der Waals surface area contributed by atoms with Gasteiger partial charge in [-0.2, -0.15) is 0 Å². The first kappa shape index (κ1) is 17.0. The van der Waals surface area contributed by atoms with E-state index in [9.17, 15) is 9.59 Å². The van der Waals surface area contributed by atoms with E-state index in [0.29, 0.717) is 18.0 Å². The summed E-state index contributed by atoms with van der Waals surface area (Å²) in [7, 11) is 0. The summed E-state index contributed by atoms with van der Waals surface area (Å²) < 4.78 is 10.0. The van der Waals surface area contributed by atoms with Gasteiger partial charge in [0.25, 0.3) is 0 Å². The van der Waals surface area contributed by atoms with Gasteiger partial charge in [-0.15, -0.1) is 0 Å². The van der Waals surface area contributed by atoms with E-state index in [1.54, 1.807) is 26.8 Å². The molecule has 118 valence electrons. The minimum absolute atomic E-state index is 0.227. The lowest BCUT2D eigenvalue weighted by Gasteiger charge is -2.20. The lowest BCUT2D eigenvalue weighted by molar-refractivity contribution is -0.150. The molecule has 0 aliphatic carbocycles. The first-order chi connectivity index (χ1) is 9.77. The number of carbonyl (C=O) groups is 2. The number of hydrogen-bond acceptors (Lipinski definition) is 5. The second-order valence-electron chi connectivity index (χ2n) is 5.59. The number of ether oxygens (including phenoxy) is 1. The first-order valence-corrected chi connectivity index (χ1v) is 6.99. The molecule has 0 aliphatic rings. The van der Waals surface area contributed by atoms with E-state index in [2.05, 4.69) is 15.8 Å². The molecule has 0 bridgehead atoms. The molecule has 2 N–H and O–H groups in total. The van der Waals surface area contributed by atoms with Crippen LogP contribution >= 0.6 is 0 Å². The number of amides is 2. The molecule has 7 heteroatoms. The van der Waals surface area contributed by atoms with Crippen molar-refractivity contribution in [1.82, 2.24) is 10.5 Å². The first-order valence-electron chi connectivity index (χ1n) is 6.99. The van der Waals surface area contributed by atoms with Crippen molar-refractivity contribution in [2.75, 3.05) is 5.32 Å². The van der Waals surface area contributed by atoms with Gasteiger partial charge in [0, 0.05) is 6.07 Å². The molecule has 1 aromatic heterocycles. The van der Waals surface area contributed by atoms with Crippen LogP contribution in [0.1, 0.15) is 39.9 Å². The molecule has 0 saturated heterocycles. The topological polar surface area (TPSA) is 93.5 Å². The van der Waals surface area contributed by atoms with Crippen LogP contribution in [0.2, 0.25) is 0 Å². The van der Waals surface area contributed by atoms with Crippen molar-refractivity contribution in [3.05, 3.63) is 11.8 Å². The molecule has 1 rings (SSSR count). The number of carbonyl (C=O) groups excluding carboxylic acids is 2. The molecule has 0 saturated carbocycles. The number of anilines is 1. The van der Waals surface area contributed by atoms with E-state index >= 15 is 0 Å². The summed E-state index contributed by atoms with van der Waals surface area (Å²) in [4.78, 5) is 23.9. The minimum atomic E-state index is -0.694. The van der Waals surface area contributed by atoms with E-state index in [4.69, 9.17) is 9.26 Å². The van der Waals surface area contributed by atoms with Crippen LogP contribution in [-0.4, -0.2) is 29.3 Å². The van der Waals surface area contributed by atoms with E-state index in [1.165, 1.54) is 0 Å². The number of nitrogens with zero attached hydrogens (tertiary/aromatic N) is 1. The quantitative estimate of drug-likeness (QED) is 0.787. The smallest absolute Gasteiger partial charge is 0.328 e. The molecule has 1 heterocycles. The number of esters is 1. The predicted octanol–water partition coefficient (Wildman–Crippen LogP) is 2.47. The maximum Gasteiger partial charge on any atom is 0.328 e. The number of rotatable bonds is 6. The van der Waals surface area contributed by atoms with Crippen LogP contribution in [0.25, 0.3) is 0 Å². The summed E-state index contributed by atoms with van der Waals surface area (Å²) in [5.41, 5.74) is 0. The van der Waals surface area contributed by atoms with Crippen molar-refractivity contribution in [2.24, 2.45) is 5.92 Å². The fourth-order valence-electron chi connectivity index (χ4n) is 1.74. The van der Waals surface area contributed by atoms with Crippen LogP contribution in [-0.2, 0) is 9.53 Å². The second kappa shape index (κ2) is 7.66. The third kappa shape index (κ3) is 6.29. The molecule has 0 fully saturated rings. The molecule has 2 amide bonds. The van der Waals surface area contributed by atoms with Crippen molar-refractivity contribution >= 4 is 17.8 Å². The predicted molar refractivity (Wildman–Crippen MR) is 77.9 cm³/mol. The van der Waals surface area contributed by atoms with Gasteiger partial charge in [-0.1, -0.05) is 19.0 Å². The average molecular weight is 297 g/mol. The molecule has 21 heavy (non-hydrogen) atoms. The Balaban J connectivity index is 2.62. The highest BCUT2D eigenvalue weighted by molar-refractivity contribution is 5.91. The Bertz CT molecular complexity index is 482. The van der Waals surface area contributed by atoms with Crippen LogP contribution in [0, 0.1) is 12.8 Å². The Hall–Kier alpha value is -2.05. The van der Waals surface area contributed by atoms with E-state index in [0.717, 1.165) is 0 Å². The van der Waals surface area contributed by atoms with Gasteiger partial charge in [0.1, 0.15) is 11.8 Å². The van der Waals surface area contributed by atoms with Gasteiger partial charge >= 0.3 is 12.0 Å². The number of nitrogens with one attached hydrogen (secondary N) is 2. The highest BCUT2D eigenvalue weighted by Crippen LogP contribution is 2.10. The van der Waals surface area contributed by atoms with Gasteiger partial charge in [-0.05, 0) is 33.1 Å². The molecular formula is C14H23N3O4. The lowest BCUT2D eigenvalue weighted by atomic mass is 10.0. The molecule has 0 spiro atoms. The summed E-state index contributed by atoms with van der Waals surface area (Å²) >= 11 is 0. The van der Waals surface area contributed by atoms with E-state index in [-0.39, 0.29) is 12.0 Å². The average Bonchev–Trinajstić information content (AvgIpc) is 2.72. The minimum Gasteiger partial charge on any atom is -0.461 e. The van der Waals surface area contributed by atoms with Crippen LogP contribution in [0.4, 0.5) is 10.6 Å². The van der Waals surface area contributed by atoms with Crippen LogP contribution in [0.15, 0.2) is 10.6 Å². The lowest BCUT2D eigenvalue weighted by Crippen LogP contribution is -2.45. The van der Waals surface area contributed by atoms with Gasteiger partial charge in [-0.3, -0.25) is 5.32 Å². The maximum absolute atomic E-state index is 12.0. The molecule has 0 aromatic carbocycles. The Morgan fingerprint density at radius 3 is 2.48 bits per heavy atom. The third-order valence-electron chi connectivity index (χ3n) is 2.52. The highest BCUT2D eigenvalue weighted by Gasteiger charge is 2.24. The molecular weight excluding hydrogens is 274 g/mol. The van der Waals surface area contributed by atoms with Crippen LogP contribution < -0.4 is 10.6 Å². The number of hydrogen-bond donors (Lipinski definition) is 2. The SMILES string of the molecule is Cc1cc(NC(=O)N[C@@H](CC(C)C)C(=O)OC(C)C)no1. The van der Waals surface area contributed by atoms with Crippen LogP contribution in [0.5, 0.6) is 0 Å². The van der Waals surface area contributed by atoms with Gasteiger partial charge in [-0.25, -0.2) is 9.59 Å². The molecule has 1 atom stereocenters. The van der Waals surface area contributed by atoms with Gasteiger partial charge in [0.2, 0.25) is 0 Å². The zero-order valence-electron chi connectivity index (χ0n) is 13.1.